The van der Waals surface area contributed by atoms with Gasteiger partial charge in [-0.2, -0.15) is 0 Å². The van der Waals surface area contributed by atoms with Gasteiger partial charge in [-0.15, -0.1) is 22.7 Å². The lowest BCUT2D eigenvalue weighted by Gasteiger charge is -2.14. The quantitative estimate of drug-likeness (QED) is 0.324. The summed E-state index contributed by atoms with van der Waals surface area (Å²) in [7, 11) is 0. The van der Waals surface area contributed by atoms with E-state index in [1.54, 1.807) is 35.1 Å². The second kappa shape index (κ2) is 9.16. The van der Waals surface area contributed by atoms with Crippen molar-refractivity contribution in [1.29, 1.82) is 0 Å². The van der Waals surface area contributed by atoms with Crippen LogP contribution in [-0.2, 0) is 6.42 Å². The molecule has 0 radical (unpaired) electrons. The highest BCUT2D eigenvalue weighted by Crippen LogP contribution is 2.39. The monoisotopic (exact) mass is 457 g/mol. The summed E-state index contributed by atoms with van der Waals surface area (Å²) in [6.07, 6.45) is 4.34. The van der Waals surface area contributed by atoms with Crippen molar-refractivity contribution < 1.29 is 0 Å². The van der Waals surface area contributed by atoms with E-state index >= 15 is 0 Å². The number of benzene rings is 1. The fourth-order valence-corrected chi connectivity index (χ4v) is 5.60. The number of thiophene rings is 2. The molecule has 4 aromatic heterocycles. The van der Waals surface area contributed by atoms with Crippen LogP contribution in [0.4, 0.5) is 5.82 Å². The molecule has 7 heteroatoms. The van der Waals surface area contributed by atoms with Crippen LogP contribution in [0.5, 0.6) is 0 Å². The van der Waals surface area contributed by atoms with E-state index < -0.39 is 0 Å². The van der Waals surface area contributed by atoms with Gasteiger partial charge in [0.15, 0.2) is 5.82 Å². The number of nitrogens with zero attached hydrogens (tertiary/aromatic N) is 3. The molecule has 0 saturated heterocycles. The minimum absolute atomic E-state index is 0.0221. The lowest BCUT2D eigenvalue weighted by atomic mass is 10.1. The lowest BCUT2D eigenvalue weighted by molar-refractivity contribution is 0.698. The second-order valence-electron chi connectivity index (χ2n) is 7.78. The van der Waals surface area contributed by atoms with Gasteiger partial charge in [-0.3, -0.25) is 4.98 Å². The Morgan fingerprint density at radius 2 is 1.81 bits per heavy atom. The van der Waals surface area contributed by atoms with Crippen LogP contribution in [0.1, 0.15) is 11.1 Å². The Morgan fingerprint density at radius 1 is 1.00 bits per heavy atom. The van der Waals surface area contributed by atoms with Crippen molar-refractivity contribution in [1.82, 2.24) is 15.0 Å². The first-order valence-corrected chi connectivity index (χ1v) is 12.2. The molecule has 0 saturated carbocycles. The molecule has 5 rings (SSSR count). The van der Waals surface area contributed by atoms with Gasteiger partial charge in [0.25, 0.3) is 0 Å². The molecule has 0 fully saturated rings. The maximum Gasteiger partial charge on any atom is 0.162 e. The van der Waals surface area contributed by atoms with Crippen LogP contribution in [0.25, 0.3) is 32.0 Å². The van der Waals surface area contributed by atoms with E-state index in [1.165, 1.54) is 16.0 Å². The van der Waals surface area contributed by atoms with Gasteiger partial charge in [-0.05, 0) is 48.1 Å². The lowest BCUT2D eigenvalue weighted by Crippen LogP contribution is -2.31. The van der Waals surface area contributed by atoms with Gasteiger partial charge in [0.2, 0.25) is 0 Å². The summed E-state index contributed by atoms with van der Waals surface area (Å²) in [6.45, 7) is 2.75. The number of rotatable bonds is 7. The van der Waals surface area contributed by atoms with E-state index in [-0.39, 0.29) is 6.04 Å². The van der Waals surface area contributed by atoms with Crippen LogP contribution in [0.3, 0.4) is 0 Å². The Labute approximate surface area is 195 Å². The fraction of sp³-hybridized carbons (Fsp3) is 0.160. The van der Waals surface area contributed by atoms with E-state index in [0.29, 0.717) is 12.4 Å². The van der Waals surface area contributed by atoms with Crippen molar-refractivity contribution in [2.45, 2.75) is 19.4 Å². The van der Waals surface area contributed by atoms with Crippen LogP contribution in [0.2, 0.25) is 0 Å². The Hall–Kier alpha value is -3.13. The molecule has 0 bridgehead atoms. The smallest absolute Gasteiger partial charge is 0.162 e. The first-order valence-electron chi connectivity index (χ1n) is 10.5. The zero-order valence-electron chi connectivity index (χ0n) is 17.7. The zero-order chi connectivity index (χ0) is 21.9. The highest BCUT2D eigenvalue weighted by atomic mass is 32.1. The Bertz CT molecular complexity index is 1330. The predicted octanol–water partition coefficient (Wildman–Crippen LogP) is 5.77. The van der Waals surface area contributed by atoms with Crippen LogP contribution in [0, 0.1) is 6.92 Å². The number of hydrogen-bond acceptors (Lipinski definition) is 7. The molecule has 0 spiro atoms. The molecule has 0 aliphatic heterocycles. The maximum atomic E-state index is 6.44. The van der Waals surface area contributed by atoms with Crippen LogP contribution in [0.15, 0.2) is 71.7 Å². The van der Waals surface area contributed by atoms with E-state index in [1.807, 2.05) is 30.3 Å². The first kappa shape index (κ1) is 20.8. The molecule has 5 nitrogen and oxygen atoms in total. The molecule has 0 amide bonds. The third-order valence-corrected chi connectivity index (χ3v) is 7.28. The highest BCUT2D eigenvalue weighted by molar-refractivity contribution is 7.19. The van der Waals surface area contributed by atoms with E-state index in [4.69, 9.17) is 15.7 Å². The maximum absolute atomic E-state index is 6.44. The van der Waals surface area contributed by atoms with Gasteiger partial charge in [0, 0.05) is 46.4 Å². The van der Waals surface area contributed by atoms with E-state index in [0.717, 1.165) is 33.6 Å². The van der Waals surface area contributed by atoms with Gasteiger partial charge in [-0.25, -0.2) is 9.97 Å². The number of aryl methyl sites for hydroxylation is 1. The average Bonchev–Trinajstić information content (AvgIpc) is 3.44. The summed E-state index contributed by atoms with van der Waals surface area (Å²) in [5.41, 5.74) is 12.0. The van der Waals surface area contributed by atoms with Crippen molar-refractivity contribution in [3.63, 3.8) is 0 Å². The van der Waals surface area contributed by atoms with Crippen molar-refractivity contribution >= 4 is 38.7 Å². The number of fused-ring (bicyclic) bond motifs is 1. The van der Waals surface area contributed by atoms with Crippen molar-refractivity contribution in [3.8, 4) is 21.8 Å². The summed E-state index contributed by atoms with van der Waals surface area (Å²) in [5, 5.41) is 7.86. The topological polar surface area (TPSA) is 76.7 Å². The van der Waals surface area contributed by atoms with Crippen molar-refractivity contribution in [2.24, 2.45) is 5.73 Å². The Balaban J connectivity index is 1.50. The minimum Gasteiger partial charge on any atom is -0.367 e. The number of nitrogens with two attached hydrogens (primary N) is 1. The molecule has 3 N–H and O–H groups in total. The molecule has 1 atom stereocenters. The van der Waals surface area contributed by atoms with Crippen molar-refractivity contribution in [2.75, 3.05) is 11.9 Å². The third kappa shape index (κ3) is 4.41. The molecule has 5 aromatic rings. The summed E-state index contributed by atoms with van der Waals surface area (Å²) in [5.74, 6) is 1.52. The van der Waals surface area contributed by atoms with Gasteiger partial charge >= 0.3 is 0 Å². The average molecular weight is 458 g/mol. The number of nitrogens with one attached hydrogen (secondary N) is 1. The van der Waals surface area contributed by atoms with E-state index in [2.05, 4.69) is 46.2 Å². The van der Waals surface area contributed by atoms with Crippen LogP contribution in [-0.4, -0.2) is 27.5 Å². The second-order valence-corrected chi connectivity index (χ2v) is 9.57. The van der Waals surface area contributed by atoms with Gasteiger partial charge < -0.3 is 11.1 Å². The predicted molar refractivity (Wildman–Crippen MR) is 135 cm³/mol. The van der Waals surface area contributed by atoms with Gasteiger partial charge in [0.1, 0.15) is 5.82 Å². The van der Waals surface area contributed by atoms with E-state index in [9.17, 15) is 0 Å². The molecule has 0 aliphatic rings. The Morgan fingerprint density at radius 3 is 2.56 bits per heavy atom. The van der Waals surface area contributed by atoms with Crippen LogP contribution >= 0.6 is 22.7 Å². The normalized spacial score (nSPS) is 12.2. The van der Waals surface area contributed by atoms with Gasteiger partial charge in [-0.1, -0.05) is 30.3 Å². The zero-order valence-corrected chi connectivity index (χ0v) is 19.3. The molecule has 32 heavy (non-hydrogen) atoms. The molecule has 4 heterocycles. The van der Waals surface area contributed by atoms with Crippen LogP contribution < -0.4 is 11.1 Å². The number of pyridine rings is 1. The standard InChI is InChI=1S/C25H23N5S2/c1-16-11-21(31-14-16)20-15-32-23-22(20)29-24(18-7-9-27-10-8-18)30-25(23)28-13-19(26)12-17-5-3-2-4-6-17/h2-11,14-15,19H,12-13,26H2,1H3,(H,28,29,30)/t19-/m0/s1. The minimum atomic E-state index is -0.0221. The summed E-state index contributed by atoms with van der Waals surface area (Å²) in [4.78, 5) is 15.2. The SMILES string of the molecule is Cc1csc(-c2csc3c(NC[C@@H](N)Cc4ccccc4)nc(-c4ccncc4)nc23)c1. The number of aromatic nitrogens is 3. The summed E-state index contributed by atoms with van der Waals surface area (Å²) < 4.78 is 1.05. The molecular weight excluding hydrogens is 434 g/mol. The fourth-order valence-electron chi connectivity index (χ4n) is 3.63. The third-order valence-electron chi connectivity index (χ3n) is 5.22. The number of anilines is 1. The molecule has 0 unspecified atom stereocenters. The first-order chi connectivity index (χ1) is 15.7. The summed E-state index contributed by atoms with van der Waals surface area (Å²) >= 11 is 3.42. The van der Waals surface area contributed by atoms with Crippen molar-refractivity contribution in [3.05, 3.63) is 82.8 Å². The molecular formula is C25H23N5S2. The molecule has 160 valence electrons. The largest absolute Gasteiger partial charge is 0.367 e. The molecule has 1 aromatic carbocycles. The summed E-state index contributed by atoms with van der Waals surface area (Å²) in [6, 6.07) is 16.4. The highest BCUT2D eigenvalue weighted by Gasteiger charge is 2.17. The molecule has 0 aliphatic carbocycles. The number of hydrogen-bond donors (Lipinski definition) is 2. The Kier molecular flexibility index (Phi) is 5.94. The van der Waals surface area contributed by atoms with Gasteiger partial charge in [0.05, 0.1) is 10.2 Å².